The van der Waals surface area contributed by atoms with Crippen LogP contribution >= 0.6 is 0 Å². The molecular formula is C19H22N2O5S. The SMILES string of the molecule is NS(=O)(=O)c1cccc(-c2cc(OC(=O)NC3CCCCC3)ccc2O)c1. The number of amides is 1. The van der Waals surface area contributed by atoms with E-state index in [1.54, 1.807) is 6.07 Å². The van der Waals surface area contributed by atoms with E-state index >= 15 is 0 Å². The standard InChI is InChI=1S/C19H22N2O5S/c20-27(24,25)16-8-4-5-13(11-16)17-12-15(9-10-18(17)22)26-19(23)21-14-6-2-1-3-7-14/h4-5,8-12,14,22H,1-3,6-7H2,(H,21,23)(H2,20,24,25). The first-order chi connectivity index (χ1) is 12.8. The van der Waals surface area contributed by atoms with E-state index in [0.29, 0.717) is 11.1 Å². The van der Waals surface area contributed by atoms with Crippen LogP contribution in [0.15, 0.2) is 47.4 Å². The first kappa shape index (κ1) is 19.2. The van der Waals surface area contributed by atoms with Crippen molar-refractivity contribution in [2.75, 3.05) is 0 Å². The van der Waals surface area contributed by atoms with Crippen molar-refractivity contribution in [2.24, 2.45) is 5.14 Å². The molecule has 4 N–H and O–H groups in total. The molecule has 0 aliphatic heterocycles. The molecule has 2 aromatic carbocycles. The summed E-state index contributed by atoms with van der Waals surface area (Å²) in [5.74, 6) is 0.179. The molecule has 0 aromatic heterocycles. The molecule has 1 aliphatic carbocycles. The number of carbonyl (C=O) groups excluding carboxylic acids is 1. The van der Waals surface area contributed by atoms with E-state index in [1.165, 1.54) is 42.8 Å². The summed E-state index contributed by atoms with van der Waals surface area (Å²) in [4.78, 5) is 12.0. The number of aromatic hydroxyl groups is 1. The van der Waals surface area contributed by atoms with Crippen molar-refractivity contribution in [3.05, 3.63) is 42.5 Å². The highest BCUT2D eigenvalue weighted by Crippen LogP contribution is 2.33. The highest BCUT2D eigenvalue weighted by Gasteiger charge is 2.17. The number of rotatable bonds is 4. The molecule has 27 heavy (non-hydrogen) atoms. The van der Waals surface area contributed by atoms with Crippen LogP contribution in [0.4, 0.5) is 4.79 Å². The van der Waals surface area contributed by atoms with E-state index in [0.717, 1.165) is 25.7 Å². The zero-order chi connectivity index (χ0) is 19.4. The third-order valence-corrected chi connectivity index (χ3v) is 5.49. The third kappa shape index (κ3) is 4.99. The van der Waals surface area contributed by atoms with Crippen LogP contribution in [0.25, 0.3) is 11.1 Å². The molecule has 0 heterocycles. The largest absolute Gasteiger partial charge is 0.507 e. The number of nitrogens with two attached hydrogens (primary N) is 1. The minimum absolute atomic E-state index is 0.0680. The lowest BCUT2D eigenvalue weighted by molar-refractivity contribution is 0.192. The van der Waals surface area contributed by atoms with E-state index < -0.39 is 16.1 Å². The minimum atomic E-state index is -3.87. The Morgan fingerprint density at radius 1 is 1.11 bits per heavy atom. The van der Waals surface area contributed by atoms with Crippen LogP contribution < -0.4 is 15.2 Å². The number of primary sulfonamides is 1. The van der Waals surface area contributed by atoms with Gasteiger partial charge in [0.05, 0.1) is 4.90 Å². The third-order valence-electron chi connectivity index (χ3n) is 4.58. The van der Waals surface area contributed by atoms with Gasteiger partial charge >= 0.3 is 6.09 Å². The van der Waals surface area contributed by atoms with E-state index in [4.69, 9.17) is 9.88 Å². The molecule has 0 unspecified atom stereocenters. The maximum atomic E-state index is 12.1. The van der Waals surface area contributed by atoms with Crippen molar-refractivity contribution in [1.82, 2.24) is 5.32 Å². The van der Waals surface area contributed by atoms with Gasteiger partial charge in [-0.15, -0.1) is 0 Å². The number of carbonyl (C=O) groups is 1. The van der Waals surface area contributed by atoms with Crippen molar-refractivity contribution in [3.8, 4) is 22.6 Å². The van der Waals surface area contributed by atoms with Crippen molar-refractivity contribution in [2.45, 2.75) is 43.0 Å². The van der Waals surface area contributed by atoms with E-state index in [-0.39, 0.29) is 22.4 Å². The maximum absolute atomic E-state index is 12.1. The number of hydrogen-bond donors (Lipinski definition) is 3. The Morgan fingerprint density at radius 3 is 2.56 bits per heavy atom. The molecule has 0 spiro atoms. The highest BCUT2D eigenvalue weighted by molar-refractivity contribution is 7.89. The normalized spacial score (nSPS) is 15.3. The van der Waals surface area contributed by atoms with Crippen molar-refractivity contribution in [1.29, 1.82) is 0 Å². The summed E-state index contributed by atoms with van der Waals surface area (Å²) in [5, 5.41) is 18.1. The quantitative estimate of drug-likeness (QED) is 0.741. The van der Waals surface area contributed by atoms with Crippen LogP contribution in [0.1, 0.15) is 32.1 Å². The van der Waals surface area contributed by atoms with E-state index in [1.807, 2.05) is 0 Å². The molecule has 0 radical (unpaired) electrons. The Hall–Kier alpha value is -2.58. The number of hydrogen-bond acceptors (Lipinski definition) is 5. The van der Waals surface area contributed by atoms with Crippen molar-refractivity contribution < 1.29 is 23.1 Å². The van der Waals surface area contributed by atoms with Gasteiger partial charge in [0.25, 0.3) is 0 Å². The molecule has 2 aromatic rings. The Bertz CT molecular complexity index is 937. The van der Waals surface area contributed by atoms with Crippen LogP contribution in [0.2, 0.25) is 0 Å². The summed E-state index contributed by atoms with van der Waals surface area (Å²) >= 11 is 0. The lowest BCUT2D eigenvalue weighted by atomic mass is 9.96. The summed E-state index contributed by atoms with van der Waals surface area (Å²) in [7, 11) is -3.87. The van der Waals surface area contributed by atoms with Gasteiger partial charge in [-0.25, -0.2) is 18.4 Å². The summed E-state index contributed by atoms with van der Waals surface area (Å²) in [6.07, 6.45) is 4.71. The number of sulfonamides is 1. The lowest BCUT2D eigenvalue weighted by Gasteiger charge is -2.22. The second-order valence-corrected chi connectivity index (χ2v) is 8.18. The van der Waals surface area contributed by atoms with E-state index in [2.05, 4.69) is 5.32 Å². The fourth-order valence-electron chi connectivity index (χ4n) is 3.20. The summed E-state index contributed by atoms with van der Waals surface area (Å²) < 4.78 is 28.4. The van der Waals surface area contributed by atoms with Gasteiger partial charge in [-0.3, -0.25) is 0 Å². The number of ether oxygens (including phenoxy) is 1. The Balaban J connectivity index is 1.79. The molecular weight excluding hydrogens is 368 g/mol. The predicted octanol–water partition coefficient (Wildman–Crippen LogP) is 3.13. The van der Waals surface area contributed by atoms with Gasteiger partial charge in [-0.2, -0.15) is 0 Å². The Morgan fingerprint density at radius 2 is 1.85 bits per heavy atom. The topological polar surface area (TPSA) is 119 Å². The molecule has 0 atom stereocenters. The van der Waals surface area contributed by atoms with Crippen molar-refractivity contribution >= 4 is 16.1 Å². The first-order valence-electron chi connectivity index (χ1n) is 8.77. The fraction of sp³-hybridized carbons (Fsp3) is 0.316. The average Bonchev–Trinajstić information content (AvgIpc) is 2.63. The molecule has 144 valence electrons. The predicted molar refractivity (Wildman–Crippen MR) is 101 cm³/mol. The number of phenolic OH excluding ortho intramolecular Hbond substituents is 1. The highest BCUT2D eigenvalue weighted by atomic mass is 32.2. The number of nitrogens with one attached hydrogen (secondary N) is 1. The van der Waals surface area contributed by atoms with Gasteiger partial charge in [0, 0.05) is 11.6 Å². The second-order valence-electron chi connectivity index (χ2n) is 6.62. The summed E-state index contributed by atoms with van der Waals surface area (Å²) in [6.45, 7) is 0. The summed E-state index contributed by atoms with van der Waals surface area (Å²) in [5.41, 5.74) is 0.778. The summed E-state index contributed by atoms with van der Waals surface area (Å²) in [6, 6.07) is 10.4. The number of benzene rings is 2. The van der Waals surface area contributed by atoms with Gasteiger partial charge in [0.2, 0.25) is 10.0 Å². The molecule has 1 amide bonds. The van der Waals surface area contributed by atoms with Gasteiger partial charge < -0.3 is 15.2 Å². The molecule has 7 nitrogen and oxygen atoms in total. The Labute approximate surface area is 158 Å². The molecule has 1 fully saturated rings. The average molecular weight is 390 g/mol. The molecule has 1 aliphatic rings. The van der Waals surface area contributed by atoms with Crippen LogP contribution in [0.5, 0.6) is 11.5 Å². The second kappa shape index (κ2) is 7.98. The first-order valence-corrected chi connectivity index (χ1v) is 10.3. The van der Waals surface area contributed by atoms with Gasteiger partial charge in [0.15, 0.2) is 0 Å². The molecule has 3 rings (SSSR count). The Kier molecular flexibility index (Phi) is 5.67. The van der Waals surface area contributed by atoms with Crippen LogP contribution in [-0.4, -0.2) is 25.7 Å². The lowest BCUT2D eigenvalue weighted by Crippen LogP contribution is -2.37. The van der Waals surface area contributed by atoms with Crippen molar-refractivity contribution in [3.63, 3.8) is 0 Å². The molecule has 0 bridgehead atoms. The zero-order valence-corrected chi connectivity index (χ0v) is 15.5. The molecule has 0 saturated heterocycles. The molecule has 8 heteroatoms. The van der Waals surface area contributed by atoms with E-state index in [9.17, 15) is 18.3 Å². The van der Waals surface area contributed by atoms with Crippen LogP contribution in [0, 0.1) is 0 Å². The monoisotopic (exact) mass is 390 g/mol. The minimum Gasteiger partial charge on any atom is -0.507 e. The molecule has 1 saturated carbocycles. The number of phenols is 1. The fourth-order valence-corrected chi connectivity index (χ4v) is 3.76. The van der Waals surface area contributed by atoms with Crippen LogP contribution in [-0.2, 0) is 10.0 Å². The van der Waals surface area contributed by atoms with Gasteiger partial charge in [-0.05, 0) is 48.7 Å². The maximum Gasteiger partial charge on any atom is 0.412 e. The van der Waals surface area contributed by atoms with Gasteiger partial charge in [0.1, 0.15) is 11.5 Å². The van der Waals surface area contributed by atoms with Gasteiger partial charge in [-0.1, -0.05) is 31.4 Å². The van der Waals surface area contributed by atoms with Crippen LogP contribution in [0.3, 0.4) is 0 Å². The zero-order valence-electron chi connectivity index (χ0n) is 14.7. The smallest absolute Gasteiger partial charge is 0.412 e.